The van der Waals surface area contributed by atoms with Crippen LogP contribution in [0.1, 0.15) is 62.1 Å². The van der Waals surface area contributed by atoms with Crippen molar-refractivity contribution in [1.82, 2.24) is 15.2 Å². The third-order valence-electron chi connectivity index (χ3n) is 6.70. The summed E-state index contributed by atoms with van der Waals surface area (Å²) in [6, 6.07) is 16.1. The van der Waals surface area contributed by atoms with Gasteiger partial charge in [-0.15, -0.1) is 11.3 Å². The minimum absolute atomic E-state index is 0.0106. The molecule has 0 radical (unpaired) electrons. The number of benzene rings is 2. The molecule has 38 heavy (non-hydrogen) atoms. The predicted molar refractivity (Wildman–Crippen MR) is 148 cm³/mol. The zero-order chi connectivity index (χ0) is 26.7. The number of thiazole rings is 1. The van der Waals surface area contributed by atoms with E-state index in [0.717, 1.165) is 31.2 Å². The minimum atomic E-state index is -0.849. The molecule has 2 aromatic carbocycles. The van der Waals surface area contributed by atoms with Gasteiger partial charge in [-0.1, -0.05) is 61.7 Å². The first-order valence-electron chi connectivity index (χ1n) is 13.0. The summed E-state index contributed by atoms with van der Waals surface area (Å²) in [4.78, 5) is 45.7. The molecule has 200 valence electrons. The third-order valence-corrected chi connectivity index (χ3v) is 7.39. The Labute approximate surface area is 227 Å². The second kappa shape index (κ2) is 13.7. The lowest BCUT2D eigenvalue weighted by molar-refractivity contribution is -0.142. The van der Waals surface area contributed by atoms with Gasteiger partial charge in [0.1, 0.15) is 11.8 Å². The number of aromatic nitrogens is 1. The molecule has 1 aliphatic carbocycles. The lowest BCUT2D eigenvalue weighted by Crippen LogP contribution is -2.47. The Morgan fingerprint density at radius 1 is 1.03 bits per heavy atom. The Kier molecular flexibility index (Phi) is 9.86. The molecule has 3 aromatic rings. The third kappa shape index (κ3) is 7.64. The van der Waals surface area contributed by atoms with Gasteiger partial charge in [0.15, 0.2) is 5.13 Å². The lowest BCUT2D eigenvalue weighted by Gasteiger charge is -2.33. The lowest BCUT2D eigenvalue weighted by atomic mass is 9.94. The average molecular weight is 535 g/mol. The maximum Gasteiger partial charge on any atom is 0.247 e. The van der Waals surface area contributed by atoms with Crippen molar-refractivity contribution in [2.45, 2.75) is 63.6 Å². The number of carbonyl (C=O) groups excluding carboxylic acids is 3. The Balaban J connectivity index is 1.59. The Hall–Kier alpha value is -3.72. The first-order chi connectivity index (χ1) is 18.5. The molecule has 8 nitrogen and oxygen atoms in total. The van der Waals surface area contributed by atoms with Crippen LogP contribution in [0.2, 0.25) is 0 Å². The van der Waals surface area contributed by atoms with Crippen molar-refractivity contribution in [1.29, 1.82) is 0 Å². The summed E-state index contributed by atoms with van der Waals surface area (Å²) < 4.78 is 5.31. The van der Waals surface area contributed by atoms with Crippen molar-refractivity contribution in [3.8, 4) is 5.75 Å². The number of rotatable bonds is 11. The van der Waals surface area contributed by atoms with Gasteiger partial charge < -0.3 is 20.3 Å². The highest BCUT2D eigenvalue weighted by atomic mass is 32.1. The van der Waals surface area contributed by atoms with Crippen LogP contribution in [0, 0.1) is 0 Å². The monoisotopic (exact) mass is 534 g/mol. The van der Waals surface area contributed by atoms with E-state index in [9.17, 15) is 14.4 Å². The van der Waals surface area contributed by atoms with Gasteiger partial charge in [-0.3, -0.25) is 14.4 Å². The average Bonchev–Trinajstić information content (AvgIpc) is 3.46. The Bertz CT molecular complexity index is 1180. The van der Waals surface area contributed by atoms with Crippen molar-refractivity contribution in [3.63, 3.8) is 0 Å². The van der Waals surface area contributed by atoms with Crippen LogP contribution >= 0.6 is 11.3 Å². The van der Waals surface area contributed by atoms with E-state index in [1.807, 2.05) is 42.5 Å². The number of anilines is 1. The molecule has 3 amide bonds. The van der Waals surface area contributed by atoms with E-state index in [1.54, 1.807) is 35.7 Å². The van der Waals surface area contributed by atoms with Crippen molar-refractivity contribution in [3.05, 3.63) is 77.3 Å². The highest BCUT2D eigenvalue weighted by Crippen LogP contribution is 2.28. The maximum atomic E-state index is 13.8. The van der Waals surface area contributed by atoms with Gasteiger partial charge in [-0.2, -0.15) is 0 Å². The van der Waals surface area contributed by atoms with Gasteiger partial charge in [0, 0.05) is 37.0 Å². The zero-order valence-electron chi connectivity index (χ0n) is 21.6. The molecule has 9 heteroatoms. The van der Waals surface area contributed by atoms with E-state index in [-0.39, 0.29) is 43.1 Å². The molecule has 0 bridgehead atoms. The van der Waals surface area contributed by atoms with E-state index < -0.39 is 6.04 Å². The summed E-state index contributed by atoms with van der Waals surface area (Å²) in [7, 11) is 1.59. The zero-order valence-corrected chi connectivity index (χ0v) is 22.4. The molecule has 0 spiro atoms. The summed E-state index contributed by atoms with van der Waals surface area (Å²) in [6.07, 6.45) is 6.78. The van der Waals surface area contributed by atoms with Gasteiger partial charge in [0.05, 0.1) is 7.11 Å². The van der Waals surface area contributed by atoms with Crippen LogP contribution < -0.4 is 15.4 Å². The summed E-state index contributed by atoms with van der Waals surface area (Å²) in [6.45, 7) is 0.239. The van der Waals surface area contributed by atoms with Crippen molar-refractivity contribution in [2.24, 2.45) is 0 Å². The Morgan fingerprint density at radius 2 is 1.76 bits per heavy atom. The van der Waals surface area contributed by atoms with Gasteiger partial charge >= 0.3 is 0 Å². The van der Waals surface area contributed by atoms with Gasteiger partial charge in [-0.25, -0.2) is 4.98 Å². The van der Waals surface area contributed by atoms with Crippen LogP contribution in [-0.2, 0) is 20.9 Å². The molecule has 0 saturated heterocycles. The number of nitrogens with zero attached hydrogens (tertiary/aromatic N) is 2. The maximum absolute atomic E-state index is 13.8. The summed E-state index contributed by atoms with van der Waals surface area (Å²) in [5, 5.41) is 8.20. The summed E-state index contributed by atoms with van der Waals surface area (Å²) in [5.41, 5.74) is 1.59. The van der Waals surface area contributed by atoms with Crippen LogP contribution in [0.4, 0.5) is 5.13 Å². The van der Waals surface area contributed by atoms with Crippen molar-refractivity contribution in [2.75, 3.05) is 12.4 Å². The number of nitrogens with one attached hydrogen (secondary N) is 2. The largest absolute Gasteiger partial charge is 0.497 e. The van der Waals surface area contributed by atoms with Crippen LogP contribution in [0.3, 0.4) is 0 Å². The molecule has 1 saturated carbocycles. The summed E-state index contributed by atoms with van der Waals surface area (Å²) >= 11 is 1.32. The summed E-state index contributed by atoms with van der Waals surface area (Å²) in [5.74, 6) is -0.109. The number of carbonyl (C=O) groups is 3. The number of hydrogen-bond acceptors (Lipinski definition) is 6. The highest BCUT2D eigenvalue weighted by Gasteiger charge is 2.33. The Morgan fingerprint density at radius 3 is 2.42 bits per heavy atom. The predicted octanol–water partition coefficient (Wildman–Crippen LogP) is 5.09. The molecular formula is C29H34N4O4S. The first kappa shape index (κ1) is 27.3. The SMILES string of the molecule is COc1ccc(C(C(=O)NC2CCCCC2)N(Cc2ccccc2)C(=O)CCC(=O)Nc2nccs2)cc1. The molecule has 1 unspecified atom stereocenters. The van der Waals surface area contributed by atoms with Gasteiger partial charge in [0.25, 0.3) is 0 Å². The van der Waals surface area contributed by atoms with E-state index in [1.165, 1.54) is 17.8 Å². The normalized spacial score (nSPS) is 14.3. The van der Waals surface area contributed by atoms with Gasteiger partial charge in [-0.05, 0) is 36.1 Å². The molecule has 4 rings (SSSR count). The number of methoxy groups -OCH3 is 1. The fourth-order valence-corrected chi connectivity index (χ4v) is 5.27. The van der Waals surface area contributed by atoms with Crippen LogP contribution in [0.15, 0.2) is 66.2 Å². The molecule has 1 aromatic heterocycles. The first-order valence-corrected chi connectivity index (χ1v) is 13.9. The standard InChI is InChI=1S/C29H34N4O4S/c1-37-24-14-12-22(13-15-24)27(28(36)31-23-10-6-3-7-11-23)33(20-21-8-4-2-5-9-21)26(35)17-16-25(34)32-29-30-18-19-38-29/h2,4-5,8-9,12-15,18-19,23,27H,3,6-7,10-11,16-17,20H2,1H3,(H,31,36)(H,30,32,34). The van der Waals surface area contributed by atoms with Crippen molar-refractivity contribution >= 4 is 34.2 Å². The fraction of sp³-hybridized carbons (Fsp3) is 0.379. The van der Waals surface area contributed by atoms with E-state index in [0.29, 0.717) is 16.4 Å². The molecule has 1 aliphatic rings. The number of hydrogen-bond donors (Lipinski definition) is 2. The molecule has 1 heterocycles. The van der Waals surface area contributed by atoms with E-state index in [4.69, 9.17) is 4.74 Å². The number of amides is 3. The topological polar surface area (TPSA) is 101 Å². The molecule has 0 aliphatic heterocycles. The molecule has 1 fully saturated rings. The highest BCUT2D eigenvalue weighted by molar-refractivity contribution is 7.13. The second-order valence-electron chi connectivity index (χ2n) is 9.41. The van der Waals surface area contributed by atoms with Crippen LogP contribution in [0.25, 0.3) is 0 Å². The number of ether oxygens (including phenoxy) is 1. The van der Waals surface area contributed by atoms with E-state index >= 15 is 0 Å². The van der Waals surface area contributed by atoms with Crippen LogP contribution in [0.5, 0.6) is 5.75 Å². The minimum Gasteiger partial charge on any atom is -0.497 e. The van der Waals surface area contributed by atoms with E-state index in [2.05, 4.69) is 15.6 Å². The molecule has 2 N–H and O–H groups in total. The van der Waals surface area contributed by atoms with Gasteiger partial charge in [0.2, 0.25) is 17.7 Å². The smallest absolute Gasteiger partial charge is 0.247 e. The van der Waals surface area contributed by atoms with Crippen LogP contribution in [-0.4, -0.2) is 40.8 Å². The second-order valence-corrected chi connectivity index (χ2v) is 10.3. The molecular weight excluding hydrogens is 500 g/mol. The quantitative estimate of drug-likeness (QED) is 0.357. The van der Waals surface area contributed by atoms with Crippen molar-refractivity contribution < 1.29 is 19.1 Å². The molecule has 1 atom stereocenters. The fourth-order valence-electron chi connectivity index (χ4n) is 4.72.